The number of ether oxygens (including phenoxy) is 8. The van der Waals surface area contributed by atoms with Crippen molar-refractivity contribution in [2.45, 2.75) is 206 Å². The minimum absolute atomic E-state index is 0.107. The van der Waals surface area contributed by atoms with Gasteiger partial charge >= 0.3 is 0 Å². The standard InChI is InChI=1S/C90H106Cl3N11O26S/c1-39(106)26-55(96-6)81(116)102-71-73(111)46-17-22-59(53(92)28-46)125-61-30-48-31-62(77(61)130-88-78(75(113)74(112)63(38-105)127-88)129-66-36-90(5,80(115)41(3)124-66)97-37-42-10-12-43(13-11-42)44-14-19-49(91)20-15-44)126-60-23-18-47(29-54(60)93)76(128-65-35-89(4,95)79(114)40(2)123-65)72-86(121)101-70(87(122)131-25-24-104(7,8)9)52-32-50(107)33-58(109)67(52)51-27-45(16-21-57(51)108)68(83(118)103-72)100-84(119)69(48)99-82(117)56(34-64(94)110)98-85(71)120/h10-23,27-33,39-41,55-56,63,65-66,68-76,78-80,88,96-97,105-106,111-115H,24-26,34-38,95H2,1-9H3,(H10-,94,98,99,100,101,102,103,107,108,109,110,116,117,118,119,120,121)/p+1/t39?,40-,41-,55+,56-,63+,65-,66-,68+,69+,70-,71+,72-,73+,74+,75-,76+,78+,79-,80-,88?,89-,90-/m0/s1. The topological polar surface area (TPSA) is 561 Å². The van der Waals surface area contributed by atoms with Crippen molar-refractivity contribution in [2.75, 3.05) is 47.1 Å². The number of fused-ring (bicyclic) bond motifs is 15. The van der Waals surface area contributed by atoms with E-state index in [1.54, 1.807) is 26.0 Å². The number of nitrogens with two attached hydrogens (primary N) is 2. The quantitative estimate of drug-likeness (QED) is 0.0425. The molecule has 15 rings (SSSR count). The molecule has 0 radical (unpaired) electrons. The van der Waals surface area contributed by atoms with Gasteiger partial charge in [0.05, 0.1) is 93.1 Å². The number of thioether (sulfide) groups is 1. The number of aliphatic hydroxyl groups excluding tert-OH is 7. The fourth-order valence-corrected chi connectivity index (χ4v) is 18.3. The Bertz CT molecular complexity index is 5430. The second kappa shape index (κ2) is 40.8. The molecule has 0 aliphatic carbocycles. The Balaban J connectivity index is 1.02. The summed E-state index contributed by atoms with van der Waals surface area (Å²) >= 11 is 21.7. The van der Waals surface area contributed by atoms with Gasteiger partial charge in [0.15, 0.2) is 30.2 Å². The first-order valence-electron chi connectivity index (χ1n) is 42.2. The Morgan fingerprint density at radius 1 is 0.656 bits per heavy atom. The Kier molecular flexibility index (Phi) is 30.6. The van der Waals surface area contributed by atoms with Gasteiger partial charge in [-0.3, -0.25) is 38.4 Å². The molecule has 0 aromatic heterocycles. The molecule has 3 fully saturated rings. The van der Waals surface area contributed by atoms with Crippen LogP contribution < -0.4 is 68.2 Å². The van der Waals surface area contributed by atoms with Crippen LogP contribution in [0.15, 0.2) is 127 Å². The minimum atomic E-state index is -2.40. The lowest BCUT2D eigenvalue weighted by molar-refractivity contribution is -0.867. The first-order valence-corrected chi connectivity index (χ1v) is 44.3. The van der Waals surface area contributed by atoms with Crippen LogP contribution in [0.3, 0.4) is 0 Å². The average molecular weight is 1900 g/mol. The highest BCUT2D eigenvalue weighted by Gasteiger charge is 2.53. The van der Waals surface area contributed by atoms with Crippen LogP contribution in [-0.4, -0.2) is 258 Å². The summed E-state index contributed by atoms with van der Waals surface area (Å²) in [6.07, 6.45) is -24.5. The molecular formula is C90H107Cl3N11O26S+. The van der Waals surface area contributed by atoms with Gasteiger partial charge in [-0.25, -0.2) is 0 Å². The van der Waals surface area contributed by atoms with E-state index in [9.17, 15) is 60.7 Å². The third-order valence-electron chi connectivity index (χ3n) is 23.8. The third-order valence-corrected chi connectivity index (χ3v) is 25.5. The molecule has 7 aromatic carbocycles. The van der Waals surface area contributed by atoms with Crippen LogP contribution >= 0.6 is 46.6 Å². The molecule has 8 aliphatic heterocycles. The summed E-state index contributed by atoms with van der Waals surface area (Å²) in [7, 11) is 6.98. The number of halogens is 3. The number of hydrogen-bond donors (Lipinski definition) is 20. The van der Waals surface area contributed by atoms with Crippen molar-refractivity contribution in [1.82, 2.24) is 42.5 Å². The number of carbonyl (C=O) groups is 8. The summed E-state index contributed by atoms with van der Waals surface area (Å²) in [6, 6.07) is 15.3. The fourth-order valence-electron chi connectivity index (χ4n) is 16.5. The van der Waals surface area contributed by atoms with Crippen molar-refractivity contribution in [3.05, 3.63) is 176 Å². The van der Waals surface area contributed by atoms with Gasteiger partial charge in [-0.15, -0.1) is 0 Å². The summed E-state index contributed by atoms with van der Waals surface area (Å²) in [6.45, 7) is 7.24. The first kappa shape index (κ1) is 98.4. The van der Waals surface area contributed by atoms with Crippen LogP contribution in [0.1, 0.15) is 124 Å². The molecule has 0 spiro atoms. The predicted molar refractivity (Wildman–Crippen MR) is 475 cm³/mol. The summed E-state index contributed by atoms with van der Waals surface area (Å²) in [5, 5.41) is 138. The molecule has 41 heteroatoms. The summed E-state index contributed by atoms with van der Waals surface area (Å²) in [5.41, 5.74) is 10.3. The van der Waals surface area contributed by atoms with E-state index < -0.39 is 255 Å². The number of hydrogen-bond acceptors (Lipinski definition) is 30. The van der Waals surface area contributed by atoms with E-state index >= 15 is 28.8 Å². The molecule has 7 aromatic rings. The number of nitrogens with zero attached hydrogens (tertiary/aromatic N) is 1. The molecule has 22 N–H and O–H groups in total. The van der Waals surface area contributed by atoms with E-state index in [0.717, 1.165) is 77.0 Å². The van der Waals surface area contributed by atoms with Crippen molar-refractivity contribution < 1.29 is 132 Å². The van der Waals surface area contributed by atoms with Crippen molar-refractivity contribution in [3.63, 3.8) is 0 Å². The zero-order chi connectivity index (χ0) is 94.9. The molecule has 11 bridgehead atoms. The first-order chi connectivity index (χ1) is 61.9. The highest BCUT2D eigenvalue weighted by atomic mass is 35.5. The number of likely N-dealkylation sites (N-methyl/N-ethyl adjacent to an activating group) is 1. The Morgan fingerprint density at radius 2 is 1.25 bits per heavy atom. The number of primary amides is 1. The molecule has 2 unspecified atom stereocenters. The predicted octanol–water partition coefficient (Wildman–Crippen LogP) is 4.10. The molecule has 8 aliphatic rings. The number of rotatable bonds is 22. The zero-order valence-corrected chi connectivity index (χ0v) is 75.6. The van der Waals surface area contributed by atoms with Crippen LogP contribution in [0, 0.1) is 0 Å². The van der Waals surface area contributed by atoms with E-state index in [2.05, 4.69) is 42.5 Å². The van der Waals surface area contributed by atoms with Gasteiger partial charge in [-0.1, -0.05) is 101 Å². The highest BCUT2D eigenvalue weighted by Crippen LogP contribution is 2.51. The van der Waals surface area contributed by atoms with Gasteiger partial charge < -0.3 is 147 Å². The molecule has 37 nitrogen and oxygen atoms in total. The van der Waals surface area contributed by atoms with Gasteiger partial charge in [0.25, 0.3) is 0 Å². The Hall–Kier alpha value is -10.1. The number of benzene rings is 7. The number of aromatic hydroxyl groups is 3. The maximum absolute atomic E-state index is 16.7. The monoisotopic (exact) mass is 1890 g/mol. The summed E-state index contributed by atoms with van der Waals surface area (Å²) < 4.78 is 53.7. The number of aliphatic hydroxyl groups is 7. The Labute approximate surface area is 771 Å². The molecular weight excluding hydrogens is 1790 g/mol. The van der Waals surface area contributed by atoms with Crippen molar-refractivity contribution in [1.29, 1.82) is 0 Å². The lowest BCUT2D eigenvalue weighted by atomic mass is 9.84. The lowest BCUT2D eigenvalue weighted by Crippen LogP contribution is -2.65. The number of phenols is 3. The Morgan fingerprint density at radius 3 is 1.86 bits per heavy atom. The smallest absolute Gasteiger partial charge is 0.248 e. The van der Waals surface area contributed by atoms with E-state index in [1.807, 2.05) is 57.5 Å². The van der Waals surface area contributed by atoms with Gasteiger partial charge in [-0.05, 0) is 159 Å². The van der Waals surface area contributed by atoms with Crippen LogP contribution in [0.4, 0.5) is 0 Å². The van der Waals surface area contributed by atoms with Gasteiger partial charge in [0.1, 0.15) is 95.5 Å². The molecule has 8 heterocycles. The van der Waals surface area contributed by atoms with Crippen molar-refractivity contribution >= 4 is 93.0 Å². The fraction of sp³-hybridized carbons (Fsp3) is 0.444. The normalized spacial score (nSPS) is 29.3. The highest BCUT2D eigenvalue weighted by molar-refractivity contribution is 8.13. The van der Waals surface area contributed by atoms with Crippen LogP contribution in [0.2, 0.25) is 15.1 Å². The van der Waals surface area contributed by atoms with Crippen LogP contribution in [0.25, 0.3) is 22.3 Å². The molecule has 23 atom stereocenters. The summed E-state index contributed by atoms with van der Waals surface area (Å²) in [4.78, 5) is 123. The van der Waals surface area contributed by atoms with Crippen molar-refractivity contribution in [2.24, 2.45) is 11.5 Å². The molecule has 0 saturated carbocycles. The van der Waals surface area contributed by atoms with E-state index in [0.29, 0.717) is 16.1 Å². The van der Waals surface area contributed by atoms with Gasteiger partial charge in [0, 0.05) is 52.7 Å². The van der Waals surface area contributed by atoms with Gasteiger partial charge in [-0.2, -0.15) is 0 Å². The number of quaternary nitrogens is 1. The SMILES string of the molecule is CN[C@H](CC(C)O)C(=O)N[C@H]1C(=O)N[C@@H](CC(N)=O)C(=O)N[C@H]2C(=O)N[C@H]3C(=O)N[C@H](C(=O)N[C@H](C(=O)SCC[N+](C)(C)C)c4cc(O)cc(O)c4-c4cc3ccc4O)[C@H](O[C@H]3C[C@](C)(N)[C@@H](O)[C@H](C)O3)c3ccc(c(Cl)c3)Oc3cc2cc(c3OC2O[C@H](CO)[C@@H](O)[C@H](O)[C@H]2O[C@H]2C[C@](C)(NCc3ccc(-c4ccc(Cl)cc4)cc3)[C@@H](O)[C@H](C)O2)Oc2ccc(cc2Cl)[C@H]1O. The summed E-state index contributed by atoms with van der Waals surface area (Å²) in [5.74, 6) is -13.8. The number of nitrogens with one attached hydrogen (secondary N) is 8. The van der Waals surface area contributed by atoms with E-state index in [-0.39, 0.29) is 70.9 Å². The second-order valence-electron chi connectivity index (χ2n) is 35.0. The van der Waals surface area contributed by atoms with Gasteiger partial charge in [0.2, 0.25) is 58.5 Å². The largest absolute Gasteiger partial charge is 0.508 e. The maximum Gasteiger partial charge on any atom is 0.248 e. The molecule has 7 amide bonds. The lowest BCUT2D eigenvalue weighted by Gasteiger charge is -2.48. The number of phenolic OH excluding ortho intramolecular Hbond substituents is 3. The minimum Gasteiger partial charge on any atom is -0.508 e. The molecule has 704 valence electrons. The average Bonchev–Trinajstić information content (AvgIpc) is 0.762. The van der Waals surface area contributed by atoms with Crippen LogP contribution in [-0.2, 0) is 68.6 Å². The second-order valence-corrected chi connectivity index (χ2v) is 37.4. The van der Waals surface area contributed by atoms with Crippen molar-refractivity contribution in [3.8, 4) is 68.2 Å². The third kappa shape index (κ3) is 22.5. The van der Waals surface area contributed by atoms with E-state index in [4.69, 9.17) is 84.2 Å². The zero-order valence-electron chi connectivity index (χ0n) is 72.6. The molecule has 3 saturated heterocycles. The molecule has 131 heavy (non-hydrogen) atoms. The van der Waals surface area contributed by atoms with Crippen LogP contribution in [0.5, 0.6) is 46.0 Å². The number of amides is 7. The number of carbonyl (C=O) groups excluding carboxylic acids is 8. The van der Waals surface area contributed by atoms with E-state index in [1.165, 1.54) is 58.2 Å². The maximum atomic E-state index is 16.7.